The van der Waals surface area contributed by atoms with E-state index in [9.17, 15) is 0 Å². The number of anilines is 1. The van der Waals surface area contributed by atoms with Gasteiger partial charge in [-0.3, -0.25) is 0 Å². The molecule has 0 radical (unpaired) electrons. The maximum Gasteiger partial charge on any atom is 0.124 e. The van der Waals surface area contributed by atoms with Gasteiger partial charge in [-0.05, 0) is 29.8 Å². The summed E-state index contributed by atoms with van der Waals surface area (Å²) in [6.07, 6.45) is 1.63. The fourth-order valence-corrected chi connectivity index (χ4v) is 1.59. The molecule has 0 fully saturated rings. The molecule has 0 aliphatic heterocycles. The van der Waals surface area contributed by atoms with Gasteiger partial charge in [-0.2, -0.15) is 5.26 Å². The standard InChI is InChI=1S/C14H13N3O2/c1-18-12-4-11(8-15)5-13(7-12)19-9-10-2-3-17-14(16)6-10/h2-7H,9H2,1H3,(H2,16,17). The molecule has 0 aliphatic rings. The van der Waals surface area contributed by atoms with Gasteiger partial charge >= 0.3 is 0 Å². The second kappa shape index (κ2) is 5.74. The first-order chi connectivity index (χ1) is 9.21. The first-order valence-corrected chi connectivity index (χ1v) is 5.63. The van der Waals surface area contributed by atoms with Gasteiger partial charge in [0.25, 0.3) is 0 Å². The Morgan fingerprint density at radius 1 is 1.26 bits per heavy atom. The topological polar surface area (TPSA) is 81.2 Å². The number of methoxy groups -OCH3 is 1. The second-order valence-electron chi connectivity index (χ2n) is 3.89. The normalized spacial score (nSPS) is 9.68. The molecule has 0 spiro atoms. The molecule has 2 rings (SSSR count). The molecule has 0 saturated heterocycles. The highest BCUT2D eigenvalue weighted by atomic mass is 16.5. The third kappa shape index (κ3) is 3.36. The average Bonchev–Trinajstić information content (AvgIpc) is 2.44. The summed E-state index contributed by atoms with van der Waals surface area (Å²) in [6.45, 7) is 0.352. The van der Waals surface area contributed by atoms with Gasteiger partial charge in [0.2, 0.25) is 0 Å². The molecule has 5 nitrogen and oxygen atoms in total. The summed E-state index contributed by atoms with van der Waals surface area (Å²) >= 11 is 0. The van der Waals surface area contributed by atoms with Crippen LogP contribution in [0.4, 0.5) is 5.82 Å². The van der Waals surface area contributed by atoms with Gasteiger partial charge in [-0.25, -0.2) is 4.98 Å². The molecule has 1 aromatic carbocycles. The molecule has 1 heterocycles. The number of nitrogens with zero attached hydrogens (tertiary/aromatic N) is 2. The first kappa shape index (κ1) is 12.7. The van der Waals surface area contributed by atoms with Gasteiger partial charge < -0.3 is 15.2 Å². The van der Waals surface area contributed by atoms with Gasteiger partial charge in [0.15, 0.2) is 0 Å². The van der Waals surface area contributed by atoms with Crippen LogP contribution < -0.4 is 15.2 Å². The number of nitrogen functional groups attached to an aromatic ring is 1. The van der Waals surface area contributed by atoms with Crippen LogP contribution in [0.1, 0.15) is 11.1 Å². The molecule has 0 aliphatic carbocycles. The molecule has 96 valence electrons. The first-order valence-electron chi connectivity index (χ1n) is 5.63. The number of aromatic nitrogens is 1. The molecule has 0 atom stereocenters. The lowest BCUT2D eigenvalue weighted by Gasteiger charge is -2.08. The Balaban J connectivity index is 2.13. The van der Waals surface area contributed by atoms with Gasteiger partial charge in [-0.15, -0.1) is 0 Å². The lowest BCUT2D eigenvalue weighted by molar-refractivity contribution is 0.303. The molecule has 5 heteroatoms. The minimum Gasteiger partial charge on any atom is -0.497 e. The fourth-order valence-electron chi connectivity index (χ4n) is 1.59. The van der Waals surface area contributed by atoms with Crippen LogP contribution in [-0.4, -0.2) is 12.1 Å². The van der Waals surface area contributed by atoms with E-state index in [4.69, 9.17) is 20.5 Å². The predicted molar refractivity (Wildman–Crippen MR) is 70.7 cm³/mol. The monoisotopic (exact) mass is 255 g/mol. The molecule has 2 N–H and O–H groups in total. The van der Waals surface area contributed by atoms with E-state index in [1.165, 1.54) is 0 Å². The van der Waals surface area contributed by atoms with Crippen LogP contribution in [0.25, 0.3) is 0 Å². The summed E-state index contributed by atoms with van der Waals surface area (Å²) in [7, 11) is 1.55. The highest BCUT2D eigenvalue weighted by Crippen LogP contribution is 2.23. The second-order valence-corrected chi connectivity index (χ2v) is 3.89. The number of nitrogens with two attached hydrogens (primary N) is 1. The Labute approximate surface area is 111 Å². The predicted octanol–water partition coefficient (Wildman–Crippen LogP) is 2.12. The van der Waals surface area contributed by atoms with E-state index in [-0.39, 0.29) is 0 Å². The van der Waals surface area contributed by atoms with Crippen LogP contribution in [0.5, 0.6) is 11.5 Å². The number of hydrogen-bond donors (Lipinski definition) is 1. The van der Waals surface area contributed by atoms with E-state index in [1.54, 1.807) is 37.6 Å². The molecule has 0 unspecified atom stereocenters. The Morgan fingerprint density at radius 2 is 2.05 bits per heavy atom. The van der Waals surface area contributed by atoms with Gasteiger partial charge in [0.1, 0.15) is 23.9 Å². The zero-order valence-electron chi connectivity index (χ0n) is 10.5. The summed E-state index contributed by atoms with van der Waals surface area (Å²) in [5.41, 5.74) is 6.99. The zero-order valence-corrected chi connectivity index (χ0v) is 10.5. The van der Waals surface area contributed by atoms with Crippen LogP contribution >= 0.6 is 0 Å². The Bertz CT molecular complexity index is 620. The summed E-state index contributed by atoms with van der Waals surface area (Å²) in [5, 5.41) is 8.92. The number of benzene rings is 1. The Kier molecular flexibility index (Phi) is 3.84. The maximum atomic E-state index is 8.92. The van der Waals surface area contributed by atoms with Gasteiger partial charge in [-0.1, -0.05) is 0 Å². The van der Waals surface area contributed by atoms with Crippen molar-refractivity contribution in [3.8, 4) is 17.6 Å². The van der Waals surface area contributed by atoms with Gasteiger partial charge in [0, 0.05) is 12.3 Å². The smallest absolute Gasteiger partial charge is 0.124 e. The molecule has 0 saturated carbocycles. The van der Waals surface area contributed by atoms with Crippen molar-refractivity contribution in [2.75, 3.05) is 12.8 Å². The maximum absolute atomic E-state index is 8.92. The van der Waals surface area contributed by atoms with Crippen molar-refractivity contribution >= 4 is 5.82 Å². The van der Waals surface area contributed by atoms with Crippen molar-refractivity contribution in [3.63, 3.8) is 0 Å². The lowest BCUT2D eigenvalue weighted by atomic mass is 10.2. The number of nitriles is 1. The van der Waals surface area contributed by atoms with Crippen molar-refractivity contribution in [3.05, 3.63) is 47.7 Å². The van der Waals surface area contributed by atoms with E-state index in [1.807, 2.05) is 6.07 Å². The van der Waals surface area contributed by atoms with E-state index >= 15 is 0 Å². The minimum absolute atomic E-state index is 0.352. The van der Waals surface area contributed by atoms with Crippen LogP contribution in [0.3, 0.4) is 0 Å². The van der Waals surface area contributed by atoms with Crippen LogP contribution in [0, 0.1) is 11.3 Å². The van der Waals surface area contributed by atoms with E-state index in [2.05, 4.69) is 11.1 Å². The highest BCUT2D eigenvalue weighted by molar-refractivity contribution is 5.44. The molecule has 2 aromatic rings. The number of ether oxygens (including phenoxy) is 2. The fraction of sp³-hybridized carbons (Fsp3) is 0.143. The SMILES string of the molecule is COc1cc(C#N)cc(OCc2ccnc(N)c2)c1. The summed E-state index contributed by atoms with van der Waals surface area (Å²) in [4.78, 5) is 3.91. The van der Waals surface area contributed by atoms with E-state index < -0.39 is 0 Å². The minimum atomic E-state index is 0.352. The van der Waals surface area contributed by atoms with Crippen LogP contribution in [-0.2, 0) is 6.61 Å². The third-order valence-electron chi connectivity index (χ3n) is 2.50. The van der Waals surface area contributed by atoms with Crippen LogP contribution in [0.2, 0.25) is 0 Å². The number of hydrogen-bond acceptors (Lipinski definition) is 5. The average molecular weight is 255 g/mol. The molecule has 0 amide bonds. The quantitative estimate of drug-likeness (QED) is 0.905. The molecule has 19 heavy (non-hydrogen) atoms. The summed E-state index contributed by atoms with van der Waals surface area (Å²) in [5.74, 6) is 1.61. The van der Waals surface area contributed by atoms with Gasteiger partial charge in [0.05, 0.1) is 18.7 Å². The van der Waals surface area contributed by atoms with Crippen molar-refractivity contribution in [1.82, 2.24) is 4.98 Å². The lowest BCUT2D eigenvalue weighted by Crippen LogP contribution is -1.98. The molecule has 0 bridgehead atoms. The van der Waals surface area contributed by atoms with Crippen LogP contribution in [0.15, 0.2) is 36.5 Å². The Hall–Kier alpha value is -2.74. The van der Waals surface area contributed by atoms with Crippen molar-refractivity contribution < 1.29 is 9.47 Å². The number of pyridine rings is 1. The zero-order chi connectivity index (χ0) is 13.7. The molecule has 1 aromatic heterocycles. The number of rotatable bonds is 4. The van der Waals surface area contributed by atoms with Crippen molar-refractivity contribution in [2.24, 2.45) is 0 Å². The van der Waals surface area contributed by atoms with Crippen molar-refractivity contribution in [2.45, 2.75) is 6.61 Å². The molecular weight excluding hydrogens is 242 g/mol. The largest absolute Gasteiger partial charge is 0.497 e. The summed E-state index contributed by atoms with van der Waals surface area (Å²) < 4.78 is 10.7. The Morgan fingerprint density at radius 3 is 2.74 bits per heavy atom. The van der Waals surface area contributed by atoms with Crippen molar-refractivity contribution in [1.29, 1.82) is 5.26 Å². The highest BCUT2D eigenvalue weighted by Gasteiger charge is 2.03. The summed E-state index contributed by atoms with van der Waals surface area (Å²) in [6, 6.07) is 10.7. The third-order valence-corrected chi connectivity index (χ3v) is 2.50. The van der Waals surface area contributed by atoms with E-state index in [0.717, 1.165) is 5.56 Å². The van der Waals surface area contributed by atoms with E-state index in [0.29, 0.717) is 29.5 Å². The molecular formula is C14H13N3O2.